The van der Waals surface area contributed by atoms with Crippen molar-refractivity contribution in [1.82, 2.24) is 24.3 Å². The van der Waals surface area contributed by atoms with Gasteiger partial charge in [0.25, 0.3) is 5.91 Å². The first-order valence-corrected chi connectivity index (χ1v) is 8.81. The Hall–Kier alpha value is -3.82. The number of carbonyl (C=O) groups excluding carboxylic acids is 1. The van der Waals surface area contributed by atoms with E-state index in [1.807, 2.05) is 6.92 Å². The smallest absolute Gasteiger partial charge is 0.296 e. The van der Waals surface area contributed by atoms with Crippen LogP contribution in [0.15, 0.2) is 55.2 Å². The molecular weight excluding hydrogens is 397 g/mol. The topological polar surface area (TPSA) is 76.3 Å². The van der Waals surface area contributed by atoms with Gasteiger partial charge < -0.3 is 0 Å². The molecule has 30 heavy (non-hydrogen) atoms. The van der Waals surface area contributed by atoms with Crippen LogP contribution in [0.5, 0.6) is 0 Å². The van der Waals surface area contributed by atoms with Crippen LogP contribution in [0.3, 0.4) is 0 Å². The van der Waals surface area contributed by atoms with Crippen molar-refractivity contribution >= 4 is 17.5 Å². The highest BCUT2D eigenvalue weighted by Gasteiger charge is 2.30. The van der Waals surface area contributed by atoms with Crippen molar-refractivity contribution in [2.45, 2.75) is 13.1 Å². The molecule has 0 saturated carbocycles. The first-order chi connectivity index (χ1) is 14.2. The van der Waals surface area contributed by atoms with Crippen LogP contribution in [0, 0.1) is 6.92 Å². The molecule has 1 aromatic carbocycles. The highest BCUT2D eigenvalue weighted by molar-refractivity contribution is 6.03. The molecule has 0 aliphatic rings. The van der Waals surface area contributed by atoms with E-state index in [4.69, 9.17) is 0 Å². The highest BCUT2D eigenvalue weighted by atomic mass is 19.4. The number of amides is 1. The predicted octanol–water partition coefficient (Wildman–Crippen LogP) is 3.79. The largest absolute Gasteiger partial charge is 0.416 e. The van der Waals surface area contributed by atoms with Crippen LogP contribution in [0.2, 0.25) is 0 Å². The van der Waals surface area contributed by atoms with E-state index in [0.717, 1.165) is 17.7 Å². The van der Waals surface area contributed by atoms with Gasteiger partial charge in [0.05, 0.1) is 23.7 Å². The third kappa shape index (κ3) is 3.59. The van der Waals surface area contributed by atoms with Gasteiger partial charge in [0.15, 0.2) is 5.65 Å². The van der Waals surface area contributed by atoms with E-state index in [9.17, 15) is 18.0 Å². The van der Waals surface area contributed by atoms with Gasteiger partial charge in [0, 0.05) is 31.2 Å². The summed E-state index contributed by atoms with van der Waals surface area (Å²) in [6.45, 7) is 1.84. The molecule has 0 aliphatic carbocycles. The number of carbonyl (C=O) groups is 1. The lowest BCUT2D eigenvalue weighted by Gasteiger charge is -2.14. The van der Waals surface area contributed by atoms with Gasteiger partial charge in [-0.2, -0.15) is 13.2 Å². The molecule has 3 heterocycles. The number of aromatic nitrogens is 5. The number of anilines is 1. The molecule has 10 heteroatoms. The summed E-state index contributed by atoms with van der Waals surface area (Å²) in [5, 5.41) is 0. The minimum Gasteiger partial charge on any atom is -0.296 e. The van der Waals surface area contributed by atoms with Gasteiger partial charge in [-0.1, -0.05) is 12.1 Å². The molecule has 0 saturated heterocycles. The van der Waals surface area contributed by atoms with Crippen LogP contribution in [0.25, 0.3) is 16.9 Å². The predicted molar refractivity (Wildman–Crippen MR) is 103 cm³/mol. The van der Waals surface area contributed by atoms with Gasteiger partial charge in [-0.05, 0) is 24.6 Å². The molecule has 0 fully saturated rings. The zero-order valence-electron chi connectivity index (χ0n) is 15.9. The number of nitrogens with zero attached hydrogens (tertiary/aromatic N) is 6. The van der Waals surface area contributed by atoms with Crippen molar-refractivity contribution < 1.29 is 18.0 Å². The number of hydrogen-bond acceptors (Lipinski definition) is 5. The van der Waals surface area contributed by atoms with Crippen LogP contribution in [0.1, 0.15) is 21.6 Å². The Morgan fingerprint density at radius 1 is 0.967 bits per heavy atom. The third-order valence-corrected chi connectivity index (χ3v) is 4.50. The Morgan fingerprint density at radius 3 is 2.27 bits per heavy atom. The van der Waals surface area contributed by atoms with E-state index in [0.29, 0.717) is 16.9 Å². The van der Waals surface area contributed by atoms with Gasteiger partial charge in [-0.25, -0.2) is 19.9 Å². The monoisotopic (exact) mass is 412 g/mol. The zero-order valence-corrected chi connectivity index (χ0v) is 15.9. The van der Waals surface area contributed by atoms with Crippen molar-refractivity contribution in [2.75, 3.05) is 11.9 Å². The van der Waals surface area contributed by atoms with Gasteiger partial charge in [0.1, 0.15) is 5.69 Å². The molecule has 0 atom stereocenters. The van der Waals surface area contributed by atoms with Gasteiger partial charge in [0.2, 0.25) is 5.95 Å². The molecule has 0 spiro atoms. The Labute approximate surface area is 168 Å². The number of halogens is 3. The molecule has 3 aromatic heterocycles. The summed E-state index contributed by atoms with van der Waals surface area (Å²) in [5.74, 6) is -0.214. The summed E-state index contributed by atoms with van der Waals surface area (Å²) in [6, 6.07) is 4.73. The van der Waals surface area contributed by atoms with E-state index >= 15 is 0 Å². The standard InChI is InChI=1S/C20H15F3N6O/c1-12-7-26-19(27-8-12)28(2)18(30)15-11-29-16(9-25-17(29)10-24-15)13-3-5-14(6-4-13)20(21,22)23/h3-11H,1-2H3. The normalized spacial score (nSPS) is 11.6. The summed E-state index contributed by atoms with van der Waals surface area (Å²) in [5.41, 5.74) is 1.74. The molecule has 0 N–H and O–H groups in total. The number of alkyl halides is 3. The Morgan fingerprint density at radius 2 is 1.63 bits per heavy atom. The van der Waals surface area contributed by atoms with Crippen LogP contribution in [-0.4, -0.2) is 37.3 Å². The maximum absolute atomic E-state index is 12.8. The Bertz CT molecular complexity index is 1220. The number of imidazole rings is 1. The minimum absolute atomic E-state index is 0.111. The van der Waals surface area contributed by atoms with E-state index in [-0.39, 0.29) is 11.6 Å². The van der Waals surface area contributed by atoms with Crippen molar-refractivity contribution in [3.8, 4) is 11.3 Å². The zero-order chi connectivity index (χ0) is 21.5. The fourth-order valence-electron chi connectivity index (χ4n) is 2.86. The maximum Gasteiger partial charge on any atom is 0.416 e. The number of fused-ring (bicyclic) bond motifs is 1. The Balaban J connectivity index is 1.69. The molecule has 7 nitrogen and oxygen atoms in total. The average molecular weight is 412 g/mol. The lowest BCUT2D eigenvalue weighted by molar-refractivity contribution is -0.137. The lowest BCUT2D eigenvalue weighted by Crippen LogP contribution is -2.29. The van der Waals surface area contributed by atoms with Gasteiger partial charge >= 0.3 is 6.18 Å². The molecule has 0 radical (unpaired) electrons. The molecular formula is C20H15F3N6O. The van der Waals surface area contributed by atoms with E-state index in [1.165, 1.54) is 42.7 Å². The van der Waals surface area contributed by atoms with Gasteiger partial charge in [-0.3, -0.25) is 14.1 Å². The third-order valence-electron chi connectivity index (χ3n) is 4.50. The summed E-state index contributed by atoms with van der Waals surface area (Å²) >= 11 is 0. The van der Waals surface area contributed by atoms with Gasteiger partial charge in [-0.15, -0.1) is 0 Å². The van der Waals surface area contributed by atoms with E-state index in [1.54, 1.807) is 16.8 Å². The first-order valence-electron chi connectivity index (χ1n) is 8.81. The van der Waals surface area contributed by atoms with Crippen LogP contribution in [0.4, 0.5) is 19.1 Å². The Kier molecular flexibility index (Phi) is 4.69. The van der Waals surface area contributed by atoms with Crippen LogP contribution >= 0.6 is 0 Å². The quantitative estimate of drug-likeness (QED) is 0.512. The van der Waals surface area contributed by atoms with E-state index in [2.05, 4.69) is 19.9 Å². The fourth-order valence-corrected chi connectivity index (χ4v) is 2.86. The highest BCUT2D eigenvalue weighted by Crippen LogP contribution is 2.31. The summed E-state index contributed by atoms with van der Waals surface area (Å²) in [4.78, 5) is 30.7. The molecule has 0 aliphatic heterocycles. The summed E-state index contributed by atoms with van der Waals surface area (Å²) in [6.07, 6.45) is 3.21. The first kappa shape index (κ1) is 19.5. The maximum atomic E-state index is 12.8. The number of benzene rings is 1. The summed E-state index contributed by atoms with van der Waals surface area (Å²) < 4.78 is 40.1. The van der Waals surface area contributed by atoms with Crippen molar-refractivity contribution in [3.05, 3.63) is 72.1 Å². The molecule has 0 bridgehead atoms. The van der Waals surface area contributed by atoms with Crippen LogP contribution < -0.4 is 4.90 Å². The molecule has 4 aromatic rings. The molecule has 4 rings (SSSR count). The number of rotatable bonds is 3. The second kappa shape index (κ2) is 7.21. The van der Waals surface area contributed by atoms with Crippen molar-refractivity contribution in [2.24, 2.45) is 0 Å². The van der Waals surface area contributed by atoms with Crippen molar-refractivity contribution in [1.29, 1.82) is 0 Å². The SMILES string of the molecule is Cc1cnc(N(C)C(=O)c2cn3c(-c4ccc(C(F)(F)F)cc4)cnc3cn2)nc1. The second-order valence-corrected chi connectivity index (χ2v) is 6.64. The second-order valence-electron chi connectivity index (χ2n) is 6.64. The number of hydrogen-bond donors (Lipinski definition) is 0. The average Bonchev–Trinajstić information content (AvgIpc) is 3.16. The fraction of sp³-hybridized carbons (Fsp3) is 0.150. The lowest BCUT2D eigenvalue weighted by atomic mass is 10.1. The number of aryl methyl sites for hydroxylation is 1. The molecule has 1 amide bonds. The van der Waals surface area contributed by atoms with Crippen molar-refractivity contribution in [3.63, 3.8) is 0 Å². The summed E-state index contributed by atoms with van der Waals surface area (Å²) in [7, 11) is 1.53. The van der Waals surface area contributed by atoms with Crippen LogP contribution in [-0.2, 0) is 6.18 Å². The molecule has 0 unspecified atom stereocenters. The minimum atomic E-state index is -4.41. The molecule has 152 valence electrons. The van der Waals surface area contributed by atoms with E-state index < -0.39 is 17.6 Å².